The van der Waals surface area contributed by atoms with Gasteiger partial charge >= 0.3 is 42.3 Å². The van der Waals surface area contributed by atoms with Crippen molar-refractivity contribution in [2.45, 2.75) is 42.3 Å². The highest BCUT2D eigenvalue weighted by Crippen LogP contribution is 2.56. The summed E-state index contributed by atoms with van der Waals surface area (Å²) in [6.45, 7) is -6.41. The van der Waals surface area contributed by atoms with Crippen LogP contribution in [0.2, 0.25) is 0 Å². The highest BCUT2D eigenvalue weighted by Gasteiger charge is 2.85. The average Bonchev–Trinajstić information content (AvgIpc) is 2.59. The standard InChI is InChI=1S/C12H8F15IN2O2/c13-6(5(28)31,9(18,19)20)32-11(23,24)8(16,17)7(14,15)10(21,22)29-1-3-30(4-2-29)12(25,26)27/h1-4H2. The predicted octanol–water partition coefficient (Wildman–Crippen LogP) is 4.79. The zero-order valence-corrected chi connectivity index (χ0v) is 16.7. The van der Waals surface area contributed by atoms with Crippen molar-refractivity contribution in [3.05, 3.63) is 0 Å². The Hall–Kier alpha value is -0.770. The van der Waals surface area contributed by atoms with Gasteiger partial charge in [-0.3, -0.25) is 9.53 Å². The van der Waals surface area contributed by atoms with E-state index in [1.807, 2.05) is 4.74 Å². The van der Waals surface area contributed by atoms with Gasteiger partial charge in [0, 0.05) is 48.8 Å². The maximum Gasteiger partial charge on any atom is 0.460 e. The molecule has 0 aromatic carbocycles. The number of carbonyl (C=O) groups excluding carboxylic acids is 1. The molecule has 1 atom stereocenters. The van der Waals surface area contributed by atoms with E-state index in [4.69, 9.17) is 0 Å². The number of halogens is 16. The number of hydrogen-bond acceptors (Lipinski definition) is 4. The first-order valence-electron chi connectivity index (χ1n) is 7.60. The van der Waals surface area contributed by atoms with E-state index in [1.54, 1.807) is 0 Å². The van der Waals surface area contributed by atoms with Crippen molar-refractivity contribution in [2.75, 3.05) is 26.2 Å². The van der Waals surface area contributed by atoms with E-state index in [0.717, 1.165) is 0 Å². The molecule has 0 aromatic heterocycles. The fourth-order valence-electron chi connectivity index (χ4n) is 2.26. The van der Waals surface area contributed by atoms with Crippen molar-refractivity contribution in [3.8, 4) is 0 Å². The zero-order valence-electron chi connectivity index (χ0n) is 14.6. The van der Waals surface area contributed by atoms with E-state index in [9.17, 15) is 70.7 Å². The normalized spacial score (nSPS) is 20.9. The summed E-state index contributed by atoms with van der Waals surface area (Å²) >= 11 is -0.182. The predicted molar refractivity (Wildman–Crippen MR) is 79.0 cm³/mol. The number of ether oxygens (including phenoxy) is 1. The van der Waals surface area contributed by atoms with Crippen molar-refractivity contribution >= 4 is 26.4 Å². The molecule has 0 amide bonds. The van der Waals surface area contributed by atoms with Crippen molar-refractivity contribution in [1.82, 2.24) is 9.80 Å². The first-order valence-corrected chi connectivity index (χ1v) is 8.68. The van der Waals surface area contributed by atoms with Gasteiger partial charge in [-0.25, -0.2) is 9.80 Å². The summed E-state index contributed by atoms with van der Waals surface area (Å²) in [5, 5.41) is 0. The van der Waals surface area contributed by atoms with Crippen LogP contribution < -0.4 is 0 Å². The second kappa shape index (κ2) is 8.47. The first-order chi connectivity index (χ1) is 13.9. The van der Waals surface area contributed by atoms with E-state index in [-0.39, 0.29) is 22.6 Å². The molecule has 1 aliphatic heterocycles. The Balaban J connectivity index is 3.28. The van der Waals surface area contributed by atoms with Gasteiger partial charge in [-0.15, -0.1) is 0 Å². The summed E-state index contributed by atoms with van der Waals surface area (Å²) in [6.07, 6.45) is -19.3. The SMILES string of the molecule is O=C(I)C(F)(OC(F)(F)C(F)(F)C(F)(F)C(F)(F)N1CCN(C(F)(F)F)CC1)C(F)(F)F. The van der Waals surface area contributed by atoms with Gasteiger partial charge in [0.15, 0.2) is 0 Å². The fourth-order valence-corrected chi connectivity index (χ4v) is 2.68. The summed E-state index contributed by atoms with van der Waals surface area (Å²) in [5.41, 5.74) is 0. The van der Waals surface area contributed by atoms with E-state index >= 15 is 0 Å². The van der Waals surface area contributed by atoms with Crippen molar-refractivity contribution in [2.24, 2.45) is 0 Å². The van der Waals surface area contributed by atoms with Crippen LogP contribution in [0.3, 0.4) is 0 Å². The van der Waals surface area contributed by atoms with Crippen LogP contribution in [-0.4, -0.2) is 82.1 Å². The average molecular weight is 624 g/mol. The lowest BCUT2D eigenvalue weighted by Crippen LogP contribution is -2.71. The Morgan fingerprint density at radius 3 is 1.34 bits per heavy atom. The van der Waals surface area contributed by atoms with Gasteiger partial charge in [0.2, 0.25) is 0 Å². The van der Waals surface area contributed by atoms with Crippen molar-refractivity contribution in [3.63, 3.8) is 0 Å². The van der Waals surface area contributed by atoms with Crippen LogP contribution in [0, 0.1) is 0 Å². The minimum Gasteiger partial charge on any atom is -0.281 e. The van der Waals surface area contributed by atoms with E-state index < -0.39 is 82.1 Å². The molecule has 1 fully saturated rings. The highest BCUT2D eigenvalue weighted by molar-refractivity contribution is 14.1. The summed E-state index contributed by atoms with van der Waals surface area (Å²) in [7, 11) is 0. The van der Waals surface area contributed by atoms with Crippen LogP contribution in [0.4, 0.5) is 65.9 Å². The first kappa shape index (κ1) is 29.3. The molecule has 190 valence electrons. The molecule has 0 aliphatic carbocycles. The summed E-state index contributed by atoms with van der Waals surface area (Å²) in [6, 6.07) is -6.38. The maximum atomic E-state index is 14.0. The van der Waals surface area contributed by atoms with Crippen LogP contribution in [0.1, 0.15) is 0 Å². The second-order valence-electron chi connectivity index (χ2n) is 6.12. The monoisotopic (exact) mass is 624 g/mol. The molecule has 0 bridgehead atoms. The number of hydrogen-bond donors (Lipinski definition) is 0. The number of carbonyl (C=O) groups is 1. The molecule has 1 rings (SSSR count). The minimum atomic E-state index is -7.60. The molecule has 0 saturated carbocycles. The Labute approximate surface area is 180 Å². The molecule has 1 heterocycles. The summed E-state index contributed by atoms with van der Waals surface area (Å²) in [4.78, 5) is 9.12. The molecule has 1 unspecified atom stereocenters. The fraction of sp³-hybridized carbons (Fsp3) is 0.917. The lowest BCUT2D eigenvalue weighted by molar-refractivity contribution is -0.480. The number of alkyl halides is 15. The van der Waals surface area contributed by atoms with Gasteiger partial charge in [0.05, 0.1) is 0 Å². The molecule has 1 aliphatic rings. The molecular weight excluding hydrogens is 616 g/mol. The third-order valence-corrected chi connectivity index (χ3v) is 4.75. The van der Waals surface area contributed by atoms with Crippen LogP contribution in [0.5, 0.6) is 0 Å². The Morgan fingerprint density at radius 2 is 1.03 bits per heavy atom. The molecule has 0 aromatic rings. The molecule has 4 nitrogen and oxygen atoms in total. The largest absolute Gasteiger partial charge is 0.460 e. The Morgan fingerprint density at radius 1 is 0.656 bits per heavy atom. The molecule has 0 N–H and O–H groups in total. The van der Waals surface area contributed by atoms with Crippen LogP contribution >= 0.6 is 22.6 Å². The maximum absolute atomic E-state index is 14.0. The smallest absolute Gasteiger partial charge is 0.281 e. The van der Waals surface area contributed by atoms with E-state index in [2.05, 4.69) is 0 Å². The van der Waals surface area contributed by atoms with Gasteiger partial charge in [0.25, 0.3) is 3.79 Å². The lowest BCUT2D eigenvalue weighted by Gasteiger charge is -2.44. The molecule has 1 saturated heterocycles. The quantitative estimate of drug-likeness (QED) is 0.177. The van der Waals surface area contributed by atoms with Crippen LogP contribution in [-0.2, 0) is 9.53 Å². The van der Waals surface area contributed by atoms with Crippen LogP contribution in [0.25, 0.3) is 0 Å². The van der Waals surface area contributed by atoms with Gasteiger partial charge in [0.1, 0.15) is 0 Å². The van der Waals surface area contributed by atoms with E-state index in [1.165, 1.54) is 0 Å². The number of piperazine rings is 1. The topological polar surface area (TPSA) is 32.8 Å². The zero-order chi connectivity index (χ0) is 25.8. The molecule has 32 heavy (non-hydrogen) atoms. The summed E-state index contributed by atoms with van der Waals surface area (Å²) < 4.78 is 197. The van der Waals surface area contributed by atoms with Gasteiger partial charge in [-0.2, -0.15) is 65.9 Å². The Kier molecular flexibility index (Phi) is 7.74. The Bertz CT molecular complexity index is 702. The lowest BCUT2D eigenvalue weighted by atomic mass is 10.1. The van der Waals surface area contributed by atoms with Gasteiger partial charge in [-0.1, -0.05) is 0 Å². The molecule has 0 spiro atoms. The minimum absolute atomic E-state index is 0.182. The van der Waals surface area contributed by atoms with Gasteiger partial charge < -0.3 is 0 Å². The second-order valence-corrected chi connectivity index (χ2v) is 7.10. The number of rotatable bonds is 7. The van der Waals surface area contributed by atoms with Gasteiger partial charge in [-0.05, 0) is 0 Å². The van der Waals surface area contributed by atoms with E-state index in [0.29, 0.717) is 0 Å². The van der Waals surface area contributed by atoms with Crippen molar-refractivity contribution in [1.29, 1.82) is 0 Å². The van der Waals surface area contributed by atoms with Crippen molar-refractivity contribution < 1.29 is 75.4 Å². The summed E-state index contributed by atoms with van der Waals surface area (Å²) in [5.74, 6) is -21.2. The molecule has 20 heteroatoms. The molecule has 0 radical (unpaired) electrons. The third-order valence-electron chi connectivity index (χ3n) is 4.06. The van der Waals surface area contributed by atoms with Crippen LogP contribution in [0.15, 0.2) is 0 Å². The highest BCUT2D eigenvalue weighted by atomic mass is 127. The number of nitrogens with zero attached hydrogens (tertiary/aromatic N) is 2. The third kappa shape index (κ3) is 4.86. The molecular formula is C12H8F15IN2O2.